The fraction of sp³-hybridized carbons (Fsp3) is 0.231. The standard InChI is InChI=1S/C39H40N2O3/c40-24-32-13-7-14-34(21-32)35-15-8-16-36(22-35)39-43-37(23-38(44-39)33-19-17-31(28-42)18-20-33)27-41(25-29-9-3-1-4-10-29)26-30-11-5-2-6-12-30/h1-22,37-39,42H,23-28,40H2/t37-,38+,39+/m0/s1. The van der Waals surface area contributed by atoms with E-state index < -0.39 is 6.29 Å². The number of nitrogens with two attached hydrogens (primary N) is 1. The predicted octanol–water partition coefficient (Wildman–Crippen LogP) is 7.55. The molecule has 3 N–H and O–H groups in total. The highest BCUT2D eigenvalue weighted by molar-refractivity contribution is 5.65. The Morgan fingerprint density at radius 1 is 0.614 bits per heavy atom. The molecule has 0 unspecified atom stereocenters. The normalized spacial score (nSPS) is 18.4. The van der Waals surface area contributed by atoms with Crippen LogP contribution in [-0.2, 0) is 35.7 Å². The molecule has 0 aromatic heterocycles. The molecule has 0 saturated carbocycles. The highest BCUT2D eigenvalue weighted by Gasteiger charge is 2.33. The lowest BCUT2D eigenvalue weighted by atomic mass is 9.98. The van der Waals surface area contributed by atoms with Crippen molar-refractivity contribution in [1.29, 1.82) is 0 Å². The number of hydrogen-bond donors (Lipinski definition) is 2. The number of hydrogen-bond acceptors (Lipinski definition) is 5. The van der Waals surface area contributed by atoms with Gasteiger partial charge in [0.15, 0.2) is 6.29 Å². The third-order valence-electron chi connectivity index (χ3n) is 8.23. The van der Waals surface area contributed by atoms with Crippen LogP contribution in [0.5, 0.6) is 0 Å². The van der Waals surface area contributed by atoms with Crippen LogP contribution in [0.3, 0.4) is 0 Å². The first kappa shape index (κ1) is 29.9. The minimum atomic E-state index is -0.524. The summed E-state index contributed by atoms with van der Waals surface area (Å²) >= 11 is 0. The molecule has 3 atom stereocenters. The van der Waals surface area contributed by atoms with Crippen molar-refractivity contribution in [2.75, 3.05) is 6.54 Å². The molecule has 0 spiro atoms. The van der Waals surface area contributed by atoms with E-state index in [9.17, 15) is 5.11 Å². The Labute approximate surface area is 260 Å². The zero-order valence-electron chi connectivity index (χ0n) is 25.0. The summed E-state index contributed by atoms with van der Waals surface area (Å²) in [7, 11) is 0. The maximum atomic E-state index is 9.60. The second-order valence-corrected chi connectivity index (χ2v) is 11.5. The second kappa shape index (κ2) is 14.6. The first-order valence-electron chi connectivity index (χ1n) is 15.4. The van der Waals surface area contributed by atoms with Gasteiger partial charge in [0.2, 0.25) is 0 Å². The molecular formula is C39H40N2O3. The van der Waals surface area contributed by atoms with E-state index in [2.05, 4.69) is 120 Å². The molecule has 1 saturated heterocycles. The quantitative estimate of drug-likeness (QED) is 0.168. The third kappa shape index (κ3) is 7.69. The van der Waals surface area contributed by atoms with E-state index in [0.717, 1.165) is 59.4 Å². The molecule has 0 radical (unpaired) electrons. The van der Waals surface area contributed by atoms with Crippen LogP contribution in [0.4, 0.5) is 0 Å². The smallest absolute Gasteiger partial charge is 0.184 e. The summed E-state index contributed by atoms with van der Waals surface area (Å²) < 4.78 is 13.5. The van der Waals surface area contributed by atoms with E-state index in [1.54, 1.807) is 0 Å². The highest BCUT2D eigenvalue weighted by atomic mass is 16.7. The van der Waals surface area contributed by atoms with Crippen molar-refractivity contribution >= 4 is 0 Å². The Morgan fingerprint density at radius 2 is 1.23 bits per heavy atom. The molecule has 0 bridgehead atoms. The average molecular weight is 585 g/mol. The molecule has 5 heteroatoms. The van der Waals surface area contributed by atoms with Crippen LogP contribution >= 0.6 is 0 Å². The molecule has 1 aliphatic rings. The molecule has 1 aliphatic heterocycles. The van der Waals surface area contributed by atoms with Crippen LogP contribution in [-0.4, -0.2) is 22.7 Å². The summed E-state index contributed by atoms with van der Waals surface area (Å²) in [5.74, 6) is 0. The SMILES string of the molecule is NCc1cccc(-c2cccc([C@@H]3O[C@H](CN(Cc4ccccc4)Cc4ccccc4)C[C@H](c4ccc(CO)cc4)O3)c2)c1. The Bertz CT molecular complexity index is 1570. The molecule has 224 valence electrons. The van der Waals surface area contributed by atoms with Gasteiger partial charge in [-0.05, 0) is 51.1 Å². The van der Waals surface area contributed by atoms with Crippen LogP contribution in [0.2, 0.25) is 0 Å². The summed E-state index contributed by atoms with van der Waals surface area (Å²) in [6.45, 7) is 2.93. The topological polar surface area (TPSA) is 68.0 Å². The summed E-state index contributed by atoms with van der Waals surface area (Å²) in [6, 6.07) is 46.1. The average Bonchev–Trinajstić information content (AvgIpc) is 3.09. The Hall–Kier alpha value is -4.10. The van der Waals surface area contributed by atoms with Crippen LogP contribution in [0, 0.1) is 0 Å². The van der Waals surface area contributed by atoms with Gasteiger partial charge in [-0.3, -0.25) is 4.90 Å². The summed E-state index contributed by atoms with van der Waals surface area (Å²) in [4.78, 5) is 2.47. The van der Waals surface area contributed by atoms with Crippen molar-refractivity contribution in [2.45, 2.75) is 51.2 Å². The second-order valence-electron chi connectivity index (χ2n) is 11.5. The minimum absolute atomic E-state index is 0.0201. The lowest BCUT2D eigenvalue weighted by Crippen LogP contribution is -2.39. The molecule has 1 heterocycles. The number of aliphatic hydroxyl groups is 1. The molecule has 44 heavy (non-hydrogen) atoms. The van der Waals surface area contributed by atoms with Crippen molar-refractivity contribution in [3.8, 4) is 11.1 Å². The summed E-state index contributed by atoms with van der Waals surface area (Å²) in [6.07, 6.45) is -0.00375. The Kier molecular flexibility index (Phi) is 9.93. The molecule has 1 fully saturated rings. The minimum Gasteiger partial charge on any atom is -0.392 e. The zero-order chi connectivity index (χ0) is 30.1. The first-order chi connectivity index (χ1) is 21.7. The molecule has 5 aromatic rings. The van der Waals surface area contributed by atoms with Crippen molar-refractivity contribution in [3.05, 3.63) is 167 Å². The van der Waals surface area contributed by atoms with E-state index in [-0.39, 0.29) is 18.8 Å². The van der Waals surface area contributed by atoms with Crippen molar-refractivity contribution < 1.29 is 14.6 Å². The van der Waals surface area contributed by atoms with E-state index >= 15 is 0 Å². The molecular weight excluding hydrogens is 544 g/mol. The van der Waals surface area contributed by atoms with Gasteiger partial charge in [0.25, 0.3) is 0 Å². The monoisotopic (exact) mass is 584 g/mol. The highest BCUT2D eigenvalue weighted by Crippen LogP contribution is 2.39. The molecule has 6 rings (SSSR count). The number of rotatable bonds is 11. The van der Waals surface area contributed by atoms with Gasteiger partial charge < -0.3 is 20.3 Å². The van der Waals surface area contributed by atoms with Crippen molar-refractivity contribution in [1.82, 2.24) is 4.90 Å². The summed E-state index contributed by atoms with van der Waals surface area (Å²) in [5, 5.41) is 9.60. The third-order valence-corrected chi connectivity index (χ3v) is 8.23. The van der Waals surface area contributed by atoms with Crippen LogP contribution < -0.4 is 5.73 Å². The van der Waals surface area contributed by atoms with Gasteiger partial charge in [-0.2, -0.15) is 0 Å². The van der Waals surface area contributed by atoms with E-state index in [1.165, 1.54) is 11.1 Å². The van der Waals surface area contributed by atoms with Gasteiger partial charge in [-0.1, -0.05) is 121 Å². The van der Waals surface area contributed by atoms with Gasteiger partial charge in [0.1, 0.15) is 0 Å². The van der Waals surface area contributed by atoms with Gasteiger partial charge in [-0.25, -0.2) is 0 Å². The number of benzene rings is 5. The first-order valence-corrected chi connectivity index (χ1v) is 15.4. The van der Waals surface area contributed by atoms with Crippen molar-refractivity contribution in [2.24, 2.45) is 5.73 Å². The molecule has 0 aliphatic carbocycles. The van der Waals surface area contributed by atoms with E-state index in [0.29, 0.717) is 6.54 Å². The molecule has 5 nitrogen and oxygen atoms in total. The van der Waals surface area contributed by atoms with Gasteiger partial charge in [0, 0.05) is 38.2 Å². The number of ether oxygens (including phenoxy) is 2. The fourth-order valence-electron chi connectivity index (χ4n) is 5.93. The Morgan fingerprint density at radius 3 is 1.86 bits per heavy atom. The van der Waals surface area contributed by atoms with Gasteiger partial charge in [0.05, 0.1) is 18.8 Å². The summed E-state index contributed by atoms with van der Waals surface area (Å²) in [5.41, 5.74) is 14.8. The largest absolute Gasteiger partial charge is 0.392 e. The van der Waals surface area contributed by atoms with Crippen LogP contribution in [0.1, 0.15) is 52.2 Å². The van der Waals surface area contributed by atoms with Gasteiger partial charge in [-0.15, -0.1) is 0 Å². The van der Waals surface area contributed by atoms with E-state index in [1.807, 2.05) is 18.2 Å². The Balaban J connectivity index is 1.29. The molecule has 5 aromatic carbocycles. The fourth-order valence-corrected chi connectivity index (χ4v) is 5.93. The van der Waals surface area contributed by atoms with Gasteiger partial charge >= 0.3 is 0 Å². The van der Waals surface area contributed by atoms with E-state index in [4.69, 9.17) is 15.2 Å². The van der Waals surface area contributed by atoms with Crippen LogP contribution in [0.25, 0.3) is 11.1 Å². The zero-order valence-corrected chi connectivity index (χ0v) is 25.0. The lowest BCUT2D eigenvalue weighted by molar-refractivity contribution is -0.253. The maximum Gasteiger partial charge on any atom is 0.184 e. The van der Waals surface area contributed by atoms with Crippen LogP contribution in [0.15, 0.2) is 133 Å². The molecule has 0 amide bonds. The number of nitrogens with zero attached hydrogens (tertiary/aromatic N) is 1. The predicted molar refractivity (Wildman–Crippen MR) is 175 cm³/mol. The number of aliphatic hydroxyl groups excluding tert-OH is 1. The van der Waals surface area contributed by atoms with Crippen molar-refractivity contribution in [3.63, 3.8) is 0 Å². The maximum absolute atomic E-state index is 9.60. The lowest BCUT2D eigenvalue weighted by Gasteiger charge is -2.38.